The van der Waals surface area contributed by atoms with Gasteiger partial charge in [-0.05, 0) is 57.9 Å². The maximum atomic E-state index is 6.22. The third kappa shape index (κ3) is 3.53. The Morgan fingerprint density at radius 3 is 2.63 bits per heavy atom. The quantitative estimate of drug-likeness (QED) is 0.678. The largest absolute Gasteiger partial charge is 0.376 e. The zero-order valence-corrected chi connectivity index (χ0v) is 14.4. The maximum absolute atomic E-state index is 6.22. The fourth-order valence-electron chi connectivity index (χ4n) is 1.96. The van der Waals surface area contributed by atoms with Gasteiger partial charge in [-0.15, -0.1) is 11.3 Å². The minimum Gasteiger partial charge on any atom is -0.376 e. The molecule has 0 radical (unpaired) electrons. The predicted molar refractivity (Wildman–Crippen MR) is 89.4 cm³/mol. The predicted octanol–water partition coefficient (Wildman–Crippen LogP) is 6.28. The van der Waals surface area contributed by atoms with E-state index in [1.807, 2.05) is 13.0 Å². The topological polar surface area (TPSA) is 12.0 Å². The minimum atomic E-state index is 0.301. The molecule has 2 aromatic rings. The molecule has 2 rings (SSSR count). The molecule has 0 bridgehead atoms. The third-order valence-corrected chi connectivity index (χ3v) is 5.09. The lowest BCUT2D eigenvalue weighted by molar-refractivity contribution is 0.553. The van der Waals surface area contributed by atoms with Gasteiger partial charge in [-0.25, -0.2) is 0 Å². The molecule has 4 heteroatoms. The Kier molecular flexibility index (Phi) is 4.93. The molecule has 1 unspecified atom stereocenters. The summed E-state index contributed by atoms with van der Waals surface area (Å²) < 4.78 is 1.05. The first-order valence-corrected chi connectivity index (χ1v) is 8.29. The summed E-state index contributed by atoms with van der Waals surface area (Å²) in [6.07, 6.45) is 0. The highest BCUT2D eigenvalue weighted by molar-refractivity contribution is 9.10. The summed E-state index contributed by atoms with van der Waals surface area (Å²) >= 11 is 11.6. The highest BCUT2D eigenvalue weighted by Crippen LogP contribution is 2.35. The van der Waals surface area contributed by atoms with Gasteiger partial charge in [0.15, 0.2) is 0 Å². The van der Waals surface area contributed by atoms with Crippen LogP contribution >= 0.6 is 38.9 Å². The molecule has 0 fully saturated rings. The number of aryl methyl sites for hydroxylation is 1. The van der Waals surface area contributed by atoms with Crippen molar-refractivity contribution in [3.8, 4) is 0 Å². The summed E-state index contributed by atoms with van der Waals surface area (Å²) in [5, 5.41) is 6.50. The summed E-state index contributed by atoms with van der Waals surface area (Å²) in [7, 11) is 0. The van der Waals surface area contributed by atoms with E-state index < -0.39 is 0 Å². The fraction of sp³-hybridized carbons (Fsp3) is 0.333. The first kappa shape index (κ1) is 14.9. The van der Waals surface area contributed by atoms with Crippen LogP contribution in [0.5, 0.6) is 0 Å². The number of rotatable bonds is 4. The van der Waals surface area contributed by atoms with Gasteiger partial charge in [0.25, 0.3) is 0 Å². The van der Waals surface area contributed by atoms with Crippen molar-refractivity contribution in [2.45, 2.75) is 26.8 Å². The number of nitrogens with one attached hydrogen (secondary N) is 1. The van der Waals surface area contributed by atoms with Crippen LogP contribution in [0.4, 0.5) is 5.69 Å². The van der Waals surface area contributed by atoms with Crippen molar-refractivity contribution in [3.63, 3.8) is 0 Å². The molecule has 0 aliphatic heterocycles. The van der Waals surface area contributed by atoms with Crippen molar-refractivity contribution in [3.05, 3.63) is 49.6 Å². The molecular weight excluding hydrogens is 342 g/mol. The lowest BCUT2D eigenvalue weighted by Gasteiger charge is -2.23. The van der Waals surface area contributed by atoms with Crippen molar-refractivity contribution >= 4 is 44.6 Å². The van der Waals surface area contributed by atoms with E-state index in [0.717, 1.165) is 20.7 Å². The van der Waals surface area contributed by atoms with Crippen molar-refractivity contribution in [2.24, 2.45) is 5.92 Å². The van der Waals surface area contributed by atoms with Crippen LogP contribution in [0.2, 0.25) is 5.02 Å². The first-order valence-electron chi connectivity index (χ1n) is 6.24. The average Bonchev–Trinajstić information content (AvgIpc) is 2.85. The Labute approximate surface area is 132 Å². The Morgan fingerprint density at radius 2 is 2.05 bits per heavy atom. The third-order valence-electron chi connectivity index (χ3n) is 3.08. The van der Waals surface area contributed by atoms with Crippen molar-refractivity contribution in [2.75, 3.05) is 5.32 Å². The van der Waals surface area contributed by atoms with Crippen molar-refractivity contribution in [1.29, 1.82) is 0 Å². The summed E-state index contributed by atoms with van der Waals surface area (Å²) in [4.78, 5) is 1.35. The van der Waals surface area contributed by atoms with E-state index >= 15 is 0 Å². The first-order chi connectivity index (χ1) is 8.99. The van der Waals surface area contributed by atoms with Crippen LogP contribution in [0.3, 0.4) is 0 Å². The standard InChI is InChI=1S/C15H17BrClNS/c1-9(2)15(14-5-4-6-19-14)18-13-8-12(17)10(3)7-11(13)16/h4-9,15,18H,1-3H3. The lowest BCUT2D eigenvalue weighted by atomic mass is 10.0. The molecule has 0 saturated heterocycles. The Hall–Kier alpha value is -0.510. The van der Waals surface area contributed by atoms with Gasteiger partial charge in [0.1, 0.15) is 0 Å². The average molecular weight is 359 g/mol. The molecular formula is C15H17BrClNS. The summed E-state index contributed by atoms with van der Waals surface area (Å²) in [5.41, 5.74) is 2.12. The second kappa shape index (κ2) is 6.29. The van der Waals surface area contributed by atoms with Crippen LogP contribution in [0, 0.1) is 12.8 Å². The zero-order chi connectivity index (χ0) is 14.0. The number of anilines is 1. The molecule has 102 valence electrons. The maximum Gasteiger partial charge on any atom is 0.0629 e. The van der Waals surface area contributed by atoms with Crippen molar-refractivity contribution in [1.82, 2.24) is 0 Å². The van der Waals surface area contributed by atoms with Crippen LogP contribution in [-0.2, 0) is 0 Å². The molecule has 0 aliphatic rings. The summed E-state index contributed by atoms with van der Waals surface area (Å²) in [6.45, 7) is 6.46. The van der Waals surface area contributed by atoms with Gasteiger partial charge in [0.05, 0.1) is 11.7 Å². The lowest BCUT2D eigenvalue weighted by Crippen LogP contribution is -2.16. The van der Waals surface area contributed by atoms with E-state index in [4.69, 9.17) is 11.6 Å². The van der Waals surface area contributed by atoms with Gasteiger partial charge in [-0.3, -0.25) is 0 Å². The molecule has 19 heavy (non-hydrogen) atoms. The van der Waals surface area contributed by atoms with Crippen LogP contribution in [0.1, 0.15) is 30.3 Å². The number of thiophene rings is 1. The van der Waals surface area contributed by atoms with E-state index in [1.165, 1.54) is 4.88 Å². The second-order valence-corrected chi connectivity index (χ2v) is 7.20. The molecule has 1 atom stereocenters. The van der Waals surface area contributed by atoms with Crippen LogP contribution in [-0.4, -0.2) is 0 Å². The molecule has 1 heterocycles. The van der Waals surface area contributed by atoms with Gasteiger partial charge in [-0.1, -0.05) is 31.5 Å². The summed E-state index contributed by atoms with van der Waals surface area (Å²) in [6, 6.07) is 8.61. The number of hydrogen-bond acceptors (Lipinski definition) is 2. The second-order valence-electron chi connectivity index (χ2n) is 4.96. The van der Waals surface area contributed by atoms with Gasteiger partial charge >= 0.3 is 0 Å². The van der Waals surface area contributed by atoms with Crippen LogP contribution in [0.15, 0.2) is 34.1 Å². The molecule has 1 aromatic carbocycles. The normalized spacial score (nSPS) is 12.7. The van der Waals surface area contributed by atoms with Crippen LogP contribution < -0.4 is 5.32 Å². The molecule has 1 aromatic heterocycles. The molecule has 0 aliphatic carbocycles. The number of hydrogen-bond donors (Lipinski definition) is 1. The van der Waals surface area contributed by atoms with E-state index in [-0.39, 0.29) is 0 Å². The zero-order valence-electron chi connectivity index (χ0n) is 11.2. The van der Waals surface area contributed by atoms with Crippen molar-refractivity contribution < 1.29 is 0 Å². The SMILES string of the molecule is Cc1cc(Br)c(NC(c2cccs2)C(C)C)cc1Cl. The van der Waals surface area contributed by atoms with Gasteiger partial charge in [0.2, 0.25) is 0 Å². The highest BCUT2D eigenvalue weighted by Gasteiger charge is 2.18. The Balaban J connectivity index is 2.30. The van der Waals surface area contributed by atoms with E-state index in [0.29, 0.717) is 12.0 Å². The van der Waals surface area contributed by atoms with Gasteiger partial charge < -0.3 is 5.32 Å². The fourth-order valence-corrected chi connectivity index (χ4v) is 3.64. The molecule has 1 nitrogen and oxygen atoms in total. The number of halogens is 2. The smallest absolute Gasteiger partial charge is 0.0629 e. The molecule has 0 spiro atoms. The van der Waals surface area contributed by atoms with E-state index in [1.54, 1.807) is 11.3 Å². The Morgan fingerprint density at radius 1 is 1.32 bits per heavy atom. The molecule has 0 saturated carbocycles. The highest BCUT2D eigenvalue weighted by atomic mass is 79.9. The minimum absolute atomic E-state index is 0.301. The Bertz CT molecular complexity index is 552. The monoisotopic (exact) mass is 357 g/mol. The molecule has 0 amide bonds. The van der Waals surface area contributed by atoms with Crippen LogP contribution in [0.25, 0.3) is 0 Å². The van der Waals surface area contributed by atoms with E-state index in [9.17, 15) is 0 Å². The van der Waals surface area contributed by atoms with E-state index in [2.05, 4.69) is 58.7 Å². The summed E-state index contributed by atoms with van der Waals surface area (Å²) in [5.74, 6) is 0.505. The van der Waals surface area contributed by atoms with Gasteiger partial charge in [-0.2, -0.15) is 0 Å². The number of benzene rings is 1. The molecule has 1 N–H and O–H groups in total. The van der Waals surface area contributed by atoms with Gasteiger partial charge in [0, 0.05) is 14.4 Å².